The van der Waals surface area contributed by atoms with Crippen molar-refractivity contribution < 1.29 is 9.53 Å². The molecule has 10 heteroatoms. The summed E-state index contributed by atoms with van der Waals surface area (Å²) >= 11 is 9.10. The number of hydrogen-bond acceptors (Lipinski definition) is 8. The molecule has 0 unspecified atom stereocenters. The minimum absolute atomic E-state index is 0.136. The summed E-state index contributed by atoms with van der Waals surface area (Å²) in [7, 11) is 1.55. The highest BCUT2D eigenvalue weighted by molar-refractivity contribution is 8.00. The number of fused-ring (bicyclic) bond motifs is 1. The van der Waals surface area contributed by atoms with Gasteiger partial charge in [0.15, 0.2) is 10.8 Å². The third-order valence-corrected chi connectivity index (χ3v) is 7.50. The number of benzene rings is 1. The highest BCUT2D eigenvalue weighted by Crippen LogP contribution is 2.35. The van der Waals surface area contributed by atoms with Crippen LogP contribution in [-0.2, 0) is 4.79 Å². The first-order valence-corrected chi connectivity index (χ1v) is 11.8. The number of aromatic nitrogens is 3. The lowest BCUT2D eigenvalue weighted by Gasteiger charge is -2.29. The van der Waals surface area contributed by atoms with Gasteiger partial charge in [-0.05, 0) is 37.0 Å². The van der Waals surface area contributed by atoms with Gasteiger partial charge in [-0.25, -0.2) is 9.97 Å². The molecule has 0 spiro atoms. The van der Waals surface area contributed by atoms with Crippen LogP contribution in [-0.4, -0.2) is 46.8 Å². The Morgan fingerprint density at radius 1 is 1.37 bits per heavy atom. The normalized spacial score (nSPS) is 14.8. The quantitative estimate of drug-likeness (QED) is 0.418. The molecule has 1 aliphatic heterocycles. The zero-order valence-corrected chi connectivity index (χ0v) is 19.1. The van der Waals surface area contributed by atoms with E-state index in [2.05, 4.69) is 27.1 Å². The van der Waals surface area contributed by atoms with E-state index in [4.69, 9.17) is 21.3 Å². The first-order valence-electron chi connectivity index (χ1n) is 9.66. The fraction of sp³-hybridized carbons (Fsp3) is 0.400. The number of nitrogens with zero attached hydrogens (tertiary/aromatic N) is 4. The van der Waals surface area contributed by atoms with E-state index in [1.807, 2.05) is 0 Å². The summed E-state index contributed by atoms with van der Waals surface area (Å²) in [6.07, 6.45) is 3.87. The lowest BCUT2D eigenvalue weighted by molar-refractivity contribution is -0.113. The molecule has 1 aliphatic rings. The molecular weight excluding hydrogens is 442 g/mol. The van der Waals surface area contributed by atoms with E-state index in [-0.39, 0.29) is 11.7 Å². The molecule has 1 saturated heterocycles. The Morgan fingerprint density at radius 3 is 2.90 bits per heavy atom. The Bertz CT molecular complexity index is 1050. The maximum Gasteiger partial charge on any atom is 0.234 e. The first-order chi connectivity index (χ1) is 14.5. The van der Waals surface area contributed by atoms with Gasteiger partial charge in [-0.15, -0.1) is 0 Å². The number of nitrogens with one attached hydrogen (secondary N) is 1. The van der Waals surface area contributed by atoms with Crippen molar-refractivity contribution >= 4 is 61.8 Å². The average Bonchev–Trinajstić information content (AvgIpc) is 3.18. The third-order valence-electron chi connectivity index (χ3n) is 4.98. The highest BCUT2D eigenvalue weighted by atomic mass is 35.5. The van der Waals surface area contributed by atoms with Crippen LogP contribution in [0.1, 0.15) is 19.8 Å². The summed E-state index contributed by atoms with van der Waals surface area (Å²) in [4.78, 5) is 28.1. The smallest absolute Gasteiger partial charge is 0.234 e. The van der Waals surface area contributed by atoms with Crippen molar-refractivity contribution in [2.24, 2.45) is 5.92 Å². The van der Waals surface area contributed by atoms with Gasteiger partial charge in [-0.1, -0.05) is 41.6 Å². The van der Waals surface area contributed by atoms with Crippen molar-refractivity contribution in [2.45, 2.75) is 24.8 Å². The molecule has 1 amide bonds. The molecule has 7 nitrogen and oxygen atoms in total. The van der Waals surface area contributed by atoms with Crippen molar-refractivity contribution in [1.82, 2.24) is 15.0 Å². The second kappa shape index (κ2) is 9.36. The Labute approximate surface area is 188 Å². The van der Waals surface area contributed by atoms with E-state index in [0.29, 0.717) is 22.1 Å². The van der Waals surface area contributed by atoms with Crippen LogP contribution in [0.2, 0.25) is 5.02 Å². The minimum Gasteiger partial charge on any atom is -0.495 e. The Morgan fingerprint density at radius 2 is 2.17 bits per heavy atom. The Balaban J connectivity index is 1.42. The van der Waals surface area contributed by atoms with Gasteiger partial charge in [0.25, 0.3) is 0 Å². The number of methoxy groups -OCH3 is 1. The van der Waals surface area contributed by atoms with Crippen molar-refractivity contribution in [3.8, 4) is 5.75 Å². The van der Waals surface area contributed by atoms with E-state index in [1.165, 1.54) is 30.9 Å². The van der Waals surface area contributed by atoms with Crippen LogP contribution in [0.3, 0.4) is 0 Å². The largest absolute Gasteiger partial charge is 0.495 e. The topological polar surface area (TPSA) is 80.2 Å². The zero-order chi connectivity index (χ0) is 21.1. The number of piperidine rings is 1. The molecule has 1 N–H and O–H groups in total. The summed E-state index contributed by atoms with van der Waals surface area (Å²) in [5.41, 5.74) is 1.31. The van der Waals surface area contributed by atoms with E-state index in [9.17, 15) is 4.79 Å². The van der Waals surface area contributed by atoms with Gasteiger partial charge in [0.2, 0.25) is 5.91 Å². The number of halogens is 1. The number of amides is 1. The van der Waals surface area contributed by atoms with Crippen molar-refractivity contribution in [2.75, 3.05) is 36.2 Å². The number of thioether (sulfide) groups is 1. The molecule has 0 radical (unpaired) electrons. The fourth-order valence-electron chi connectivity index (χ4n) is 3.24. The molecule has 3 aromatic rings. The summed E-state index contributed by atoms with van der Waals surface area (Å²) in [5.74, 6) is 1.42. The molecule has 0 aliphatic carbocycles. The van der Waals surface area contributed by atoms with Crippen LogP contribution in [0, 0.1) is 5.92 Å². The van der Waals surface area contributed by atoms with E-state index < -0.39 is 0 Å². The molecule has 2 aromatic heterocycles. The molecule has 1 fully saturated rings. The van der Waals surface area contributed by atoms with Gasteiger partial charge in [-0.3, -0.25) is 4.79 Å². The predicted molar refractivity (Wildman–Crippen MR) is 123 cm³/mol. The number of carbonyl (C=O) groups is 1. The van der Waals surface area contributed by atoms with Gasteiger partial charge in [0.1, 0.15) is 21.8 Å². The van der Waals surface area contributed by atoms with Crippen LogP contribution >= 0.6 is 34.7 Å². The van der Waals surface area contributed by atoms with Gasteiger partial charge in [0, 0.05) is 18.8 Å². The Kier molecular flexibility index (Phi) is 6.60. The molecule has 1 aromatic carbocycles. The summed E-state index contributed by atoms with van der Waals surface area (Å²) in [6, 6.07) is 5.14. The standard InChI is InChI=1S/C20H22ClN5O2S2/c1-12-5-7-26(8-6-12)20-25-18-17(30-20)19(23-11-22-18)29-10-16(27)24-13-3-4-15(28-2)14(21)9-13/h3-4,9,11-12H,5-8,10H2,1-2H3,(H,24,27). The van der Waals surface area contributed by atoms with Gasteiger partial charge in [-0.2, -0.15) is 4.98 Å². The summed E-state index contributed by atoms with van der Waals surface area (Å²) in [5, 5.41) is 5.06. The number of carbonyl (C=O) groups excluding carboxylic acids is 1. The second-order valence-corrected chi connectivity index (χ2v) is 9.53. The lowest BCUT2D eigenvalue weighted by Crippen LogP contribution is -2.32. The van der Waals surface area contributed by atoms with E-state index in [1.54, 1.807) is 36.6 Å². The van der Waals surface area contributed by atoms with Crippen molar-refractivity contribution in [3.63, 3.8) is 0 Å². The molecule has 4 rings (SSSR count). The maximum absolute atomic E-state index is 12.4. The molecule has 0 bridgehead atoms. The van der Waals surface area contributed by atoms with Crippen LogP contribution in [0.25, 0.3) is 10.3 Å². The van der Waals surface area contributed by atoms with Gasteiger partial charge in [0.05, 0.1) is 17.9 Å². The highest BCUT2D eigenvalue weighted by Gasteiger charge is 2.21. The monoisotopic (exact) mass is 463 g/mol. The average molecular weight is 464 g/mol. The number of anilines is 2. The van der Waals surface area contributed by atoms with Crippen LogP contribution in [0.4, 0.5) is 10.8 Å². The molecule has 0 saturated carbocycles. The van der Waals surface area contributed by atoms with Crippen LogP contribution in [0.15, 0.2) is 29.6 Å². The lowest BCUT2D eigenvalue weighted by atomic mass is 10.00. The summed E-state index contributed by atoms with van der Waals surface area (Å²) < 4.78 is 6.06. The number of hydrogen-bond donors (Lipinski definition) is 1. The first kappa shape index (κ1) is 21.1. The Hall–Kier alpha value is -2.10. The fourth-order valence-corrected chi connectivity index (χ4v) is 5.44. The molecule has 0 atom stereocenters. The second-order valence-electron chi connectivity index (χ2n) is 7.18. The third kappa shape index (κ3) is 4.79. The molecule has 30 heavy (non-hydrogen) atoms. The molecule has 3 heterocycles. The van der Waals surface area contributed by atoms with Gasteiger partial charge < -0.3 is 15.0 Å². The molecular formula is C20H22ClN5O2S2. The predicted octanol–water partition coefficient (Wildman–Crippen LogP) is 4.72. The SMILES string of the molecule is COc1ccc(NC(=O)CSc2ncnc3nc(N4CCC(C)CC4)sc23)cc1Cl. The van der Waals surface area contributed by atoms with Crippen molar-refractivity contribution in [1.29, 1.82) is 0 Å². The van der Waals surface area contributed by atoms with Crippen LogP contribution in [0.5, 0.6) is 5.75 Å². The number of rotatable bonds is 6. The number of ether oxygens (including phenoxy) is 1. The summed E-state index contributed by atoms with van der Waals surface area (Å²) in [6.45, 7) is 4.33. The molecule has 158 valence electrons. The number of thiazole rings is 1. The van der Waals surface area contributed by atoms with Crippen molar-refractivity contribution in [3.05, 3.63) is 29.5 Å². The van der Waals surface area contributed by atoms with E-state index in [0.717, 1.165) is 33.9 Å². The minimum atomic E-state index is -0.136. The van der Waals surface area contributed by atoms with Gasteiger partial charge >= 0.3 is 0 Å². The maximum atomic E-state index is 12.4. The van der Waals surface area contributed by atoms with Crippen LogP contribution < -0.4 is 15.0 Å². The van der Waals surface area contributed by atoms with E-state index >= 15 is 0 Å². The zero-order valence-electron chi connectivity index (χ0n) is 16.7.